The number of hydrogen-bond acceptors (Lipinski definition) is 3. The maximum absolute atomic E-state index is 4.76. The van der Waals surface area contributed by atoms with Crippen molar-refractivity contribution in [1.29, 1.82) is 0 Å². The summed E-state index contributed by atoms with van der Waals surface area (Å²) in [4.78, 5) is 7.04. The molecule has 1 atom stereocenters. The van der Waals surface area contributed by atoms with Crippen LogP contribution in [0.25, 0.3) is 0 Å². The fraction of sp³-hybridized carbons (Fsp3) is 0.706. The fourth-order valence-corrected chi connectivity index (χ4v) is 2.32. The molecule has 0 aliphatic heterocycles. The molecule has 3 heteroatoms. The first kappa shape index (κ1) is 17.0. The summed E-state index contributed by atoms with van der Waals surface area (Å²) >= 11 is 0. The van der Waals surface area contributed by atoms with Crippen LogP contribution in [0.5, 0.6) is 0 Å². The van der Waals surface area contributed by atoms with E-state index >= 15 is 0 Å². The molecule has 0 aliphatic rings. The minimum atomic E-state index is 0.515. The average molecular weight is 277 g/mol. The van der Waals surface area contributed by atoms with Crippen LogP contribution in [0.15, 0.2) is 18.2 Å². The second-order valence-electron chi connectivity index (χ2n) is 6.60. The molecule has 1 rings (SSSR count). The third kappa shape index (κ3) is 5.91. The van der Waals surface area contributed by atoms with Crippen LogP contribution in [0.3, 0.4) is 0 Å². The van der Waals surface area contributed by atoms with Crippen molar-refractivity contribution >= 4 is 5.82 Å². The van der Waals surface area contributed by atoms with Gasteiger partial charge in [0, 0.05) is 19.6 Å². The summed E-state index contributed by atoms with van der Waals surface area (Å²) in [5.41, 5.74) is 1.12. The minimum Gasteiger partial charge on any atom is -0.357 e. The standard InChI is InChI=1S/C17H31N3/c1-13(2)10-15(5)20(6)17-9-7-8-16(19-17)12-18-11-14(3)4/h7-9,13-15,18H,10-12H2,1-6H3. The van der Waals surface area contributed by atoms with Crippen molar-refractivity contribution in [3.63, 3.8) is 0 Å². The van der Waals surface area contributed by atoms with Crippen molar-refractivity contribution < 1.29 is 0 Å². The summed E-state index contributed by atoms with van der Waals surface area (Å²) < 4.78 is 0. The highest BCUT2D eigenvalue weighted by atomic mass is 15.2. The normalized spacial score (nSPS) is 13.0. The summed E-state index contributed by atoms with van der Waals surface area (Å²) in [6, 6.07) is 6.81. The molecule has 1 heterocycles. The number of nitrogens with one attached hydrogen (secondary N) is 1. The lowest BCUT2D eigenvalue weighted by Gasteiger charge is -2.27. The quantitative estimate of drug-likeness (QED) is 0.785. The smallest absolute Gasteiger partial charge is 0.128 e. The second kappa shape index (κ2) is 8.25. The Hall–Kier alpha value is -1.09. The van der Waals surface area contributed by atoms with E-state index in [1.165, 1.54) is 6.42 Å². The van der Waals surface area contributed by atoms with Crippen LogP contribution in [0.1, 0.15) is 46.7 Å². The number of aromatic nitrogens is 1. The molecule has 3 nitrogen and oxygen atoms in total. The van der Waals surface area contributed by atoms with E-state index < -0.39 is 0 Å². The van der Waals surface area contributed by atoms with E-state index in [0.717, 1.165) is 24.6 Å². The molecule has 0 aliphatic carbocycles. The Morgan fingerprint density at radius 3 is 2.40 bits per heavy atom. The van der Waals surface area contributed by atoms with Gasteiger partial charge in [-0.3, -0.25) is 0 Å². The van der Waals surface area contributed by atoms with Crippen LogP contribution in [-0.4, -0.2) is 24.6 Å². The molecule has 0 spiro atoms. The Morgan fingerprint density at radius 2 is 1.80 bits per heavy atom. The van der Waals surface area contributed by atoms with Crippen LogP contribution in [0, 0.1) is 11.8 Å². The Balaban J connectivity index is 2.62. The summed E-state index contributed by atoms with van der Waals surface area (Å²) in [6.45, 7) is 13.1. The monoisotopic (exact) mass is 277 g/mol. The number of rotatable bonds is 8. The maximum atomic E-state index is 4.76. The lowest BCUT2D eigenvalue weighted by atomic mass is 10.0. The minimum absolute atomic E-state index is 0.515. The van der Waals surface area contributed by atoms with E-state index in [2.05, 4.69) is 70.1 Å². The first-order chi connectivity index (χ1) is 9.40. The van der Waals surface area contributed by atoms with Crippen LogP contribution >= 0.6 is 0 Å². The molecule has 0 fully saturated rings. The molecule has 0 saturated carbocycles. The van der Waals surface area contributed by atoms with Gasteiger partial charge in [-0.25, -0.2) is 4.98 Å². The van der Waals surface area contributed by atoms with Gasteiger partial charge in [0.05, 0.1) is 5.69 Å². The first-order valence-corrected chi connectivity index (χ1v) is 7.79. The number of nitrogens with zero attached hydrogens (tertiary/aromatic N) is 2. The molecule has 1 aromatic rings. The van der Waals surface area contributed by atoms with Crippen molar-refractivity contribution in [1.82, 2.24) is 10.3 Å². The van der Waals surface area contributed by atoms with Gasteiger partial charge < -0.3 is 10.2 Å². The van der Waals surface area contributed by atoms with Crippen molar-refractivity contribution in [2.24, 2.45) is 11.8 Å². The Morgan fingerprint density at radius 1 is 1.10 bits per heavy atom. The van der Waals surface area contributed by atoms with E-state index in [1.807, 2.05) is 0 Å². The molecule has 0 saturated heterocycles. The second-order valence-corrected chi connectivity index (χ2v) is 6.60. The van der Waals surface area contributed by atoms with Crippen molar-refractivity contribution in [2.75, 3.05) is 18.5 Å². The van der Waals surface area contributed by atoms with Crippen LogP contribution in [0.4, 0.5) is 5.82 Å². The highest BCUT2D eigenvalue weighted by Crippen LogP contribution is 2.17. The molecule has 1 unspecified atom stereocenters. The van der Waals surface area contributed by atoms with Gasteiger partial charge in [0.25, 0.3) is 0 Å². The van der Waals surface area contributed by atoms with E-state index in [0.29, 0.717) is 17.9 Å². The van der Waals surface area contributed by atoms with Crippen molar-refractivity contribution in [3.05, 3.63) is 23.9 Å². The Kier molecular flexibility index (Phi) is 7.00. The number of anilines is 1. The van der Waals surface area contributed by atoms with E-state index in [9.17, 15) is 0 Å². The molecule has 0 bridgehead atoms. The highest BCUT2D eigenvalue weighted by molar-refractivity contribution is 5.39. The predicted molar refractivity (Wildman–Crippen MR) is 88.1 cm³/mol. The lowest BCUT2D eigenvalue weighted by Crippen LogP contribution is -2.31. The first-order valence-electron chi connectivity index (χ1n) is 7.79. The zero-order chi connectivity index (χ0) is 15.1. The molecule has 0 amide bonds. The van der Waals surface area contributed by atoms with Crippen LogP contribution in [-0.2, 0) is 6.54 Å². The Labute approximate surface area is 124 Å². The summed E-state index contributed by atoms with van der Waals surface area (Å²) in [7, 11) is 2.14. The van der Waals surface area contributed by atoms with Gasteiger partial charge in [-0.1, -0.05) is 33.8 Å². The van der Waals surface area contributed by atoms with Gasteiger partial charge in [-0.2, -0.15) is 0 Å². The number of pyridine rings is 1. The molecule has 1 N–H and O–H groups in total. The van der Waals surface area contributed by atoms with Crippen molar-refractivity contribution in [2.45, 2.75) is 53.6 Å². The van der Waals surface area contributed by atoms with Crippen LogP contribution < -0.4 is 10.2 Å². The zero-order valence-corrected chi connectivity index (χ0v) is 14.0. The predicted octanol–water partition coefficient (Wildman–Crippen LogP) is 3.70. The summed E-state index contributed by atoms with van der Waals surface area (Å²) in [6.07, 6.45) is 1.19. The molecule has 0 aromatic carbocycles. The van der Waals surface area contributed by atoms with Gasteiger partial charge in [-0.05, 0) is 43.9 Å². The van der Waals surface area contributed by atoms with Gasteiger partial charge in [-0.15, -0.1) is 0 Å². The SMILES string of the molecule is CC(C)CNCc1cccc(N(C)C(C)CC(C)C)n1. The van der Waals surface area contributed by atoms with E-state index in [4.69, 9.17) is 4.98 Å². The third-order valence-corrected chi connectivity index (χ3v) is 3.49. The molecule has 0 radical (unpaired) electrons. The van der Waals surface area contributed by atoms with Gasteiger partial charge in [0.15, 0.2) is 0 Å². The lowest BCUT2D eigenvalue weighted by molar-refractivity contribution is 0.501. The largest absolute Gasteiger partial charge is 0.357 e. The summed E-state index contributed by atoms with van der Waals surface area (Å²) in [5, 5.41) is 3.45. The molecular formula is C17H31N3. The molecular weight excluding hydrogens is 246 g/mol. The van der Waals surface area contributed by atoms with Gasteiger partial charge in [0.2, 0.25) is 0 Å². The fourth-order valence-electron chi connectivity index (χ4n) is 2.32. The molecule has 20 heavy (non-hydrogen) atoms. The number of hydrogen-bond donors (Lipinski definition) is 1. The average Bonchev–Trinajstić information content (AvgIpc) is 2.37. The highest BCUT2D eigenvalue weighted by Gasteiger charge is 2.13. The van der Waals surface area contributed by atoms with E-state index in [1.54, 1.807) is 0 Å². The van der Waals surface area contributed by atoms with Gasteiger partial charge in [0.1, 0.15) is 5.82 Å². The van der Waals surface area contributed by atoms with Crippen molar-refractivity contribution in [3.8, 4) is 0 Å². The zero-order valence-electron chi connectivity index (χ0n) is 14.0. The third-order valence-electron chi connectivity index (χ3n) is 3.49. The maximum Gasteiger partial charge on any atom is 0.128 e. The molecule has 1 aromatic heterocycles. The topological polar surface area (TPSA) is 28.2 Å². The Bertz CT molecular complexity index is 388. The summed E-state index contributed by atoms with van der Waals surface area (Å²) in [5.74, 6) is 2.46. The van der Waals surface area contributed by atoms with Gasteiger partial charge >= 0.3 is 0 Å². The van der Waals surface area contributed by atoms with E-state index in [-0.39, 0.29) is 0 Å². The van der Waals surface area contributed by atoms with Crippen LogP contribution in [0.2, 0.25) is 0 Å². The molecule has 114 valence electrons.